The summed E-state index contributed by atoms with van der Waals surface area (Å²) in [7, 11) is 0. The van der Waals surface area contributed by atoms with Crippen LogP contribution < -0.4 is 10.5 Å². The number of ether oxygens (including phenoxy) is 2. The Morgan fingerprint density at radius 1 is 1.27 bits per heavy atom. The van der Waals surface area contributed by atoms with Crippen LogP contribution in [-0.2, 0) is 22.6 Å². The predicted octanol–water partition coefficient (Wildman–Crippen LogP) is 2.09. The number of carbonyl (C=O) groups excluding carboxylic acids is 1. The summed E-state index contributed by atoms with van der Waals surface area (Å²) in [5.74, 6) is 0.315. The smallest absolute Gasteiger partial charge is 0.323 e. The summed E-state index contributed by atoms with van der Waals surface area (Å²) < 4.78 is 10.7. The van der Waals surface area contributed by atoms with Crippen LogP contribution in [0.25, 0.3) is 0 Å². The van der Waals surface area contributed by atoms with Crippen molar-refractivity contribution >= 4 is 5.97 Å². The number of carbonyl (C=O) groups is 1. The minimum atomic E-state index is -0.692. The molecule has 0 aliphatic carbocycles. The van der Waals surface area contributed by atoms with Crippen LogP contribution >= 0.6 is 0 Å². The maximum Gasteiger partial charge on any atom is 0.323 e. The lowest BCUT2D eigenvalue weighted by Crippen LogP contribution is -2.34. The van der Waals surface area contributed by atoms with E-state index in [1.54, 1.807) is 19.3 Å². The molecule has 1 aromatic heterocycles. The van der Waals surface area contributed by atoms with Crippen LogP contribution in [0.4, 0.5) is 0 Å². The predicted molar refractivity (Wildman–Crippen MR) is 83.3 cm³/mol. The van der Waals surface area contributed by atoms with E-state index in [4.69, 9.17) is 15.2 Å². The quantitative estimate of drug-likeness (QED) is 0.793. The van der Waals surface area contributed by atoms with Gasteiger partial charge in [-0.3, -0.25) is 9.78 Å². The van der Waals surface area contributed by atoms with E-state index in [-0.39, 0.29) is 0 Å². The van der Waals surface area contributed by atoms with Gasteiger partial charge in [0.1, 0.15) is 18.4 Å². The van der Waals surface area contributed by atoms with Crippen LogP contribution in [0.15, 0.2) is 48.8 Å². The molecule has 0 saturated carbocycles. The fourth-order valence-electron chi connectivity index (χ4n) is 2.03. The Labute approximate surface area is 130 Å². The van der Waals surface area contributed by atoms with E-state index in [2.05, 4.69) is 4.98 Å². The lowest BCUT2D eigenvalue weighted by atomic mass is 10.1. The Kier molecular flexibility index (Phi) is 5.91. The van der Waals surface area contributed by atoms with Gasteiger partial charge < -0.3 is 15.2 Å². The van der Waals surface area contributed by atoms with Crippen molar-refractivity contribution in [3.63, 3.8) is 0 Å². The van der Waals surface area contributed by atoms with Gasteiger partial charge >= 0.3 is 5.97 Å². The molecule has 5 nitrogen and oxygen atoms in total. The average Bonchev–Trinajstić information content (AvgIpc) is 2.55. The highest BCUT2D eigenvalue weighted by Gasteiger charge is 2.17. The van der Waals surface area contributed by atoms with Gasteiger partial charge in [0, 0.05) is 24.4 Å². The second-order valence-electron chi connectivity index (χ2n) is 4.82. The molecule has 1 aromatic carbocycles. The minimum Gasteiger partial charge on any atom is -0.489 e. The fourth-order valence-corrected chi connectivity index (χ4v) is 2.03. The zero-order valence-electron chi connectivity index (χ0n) is 12.6. The first-order chi connectivity index (χ1) is 10.7. The molecule has 0 fully saturated rings. The minimum absolute atomic E-state index is 0.325. The number of hydrogen-bond acceptors (Lipinski definition) is 5. The van der Waals surface area contributed by atoms with Crippen LogP contribution in [0, 0.1) is 0 Å². The summed E-state index contributed by atoms with van der Waals surface area (Å²) in [6.07, 6.45) is 3.85. The van der Waals surface area contributed by atoms with E-state index in [9.17, 15) is 4.79 Å². The Balaban J connectivity index is 2.02. The van der Waals surface area contributed by atoms with Crippen molar-refractivity contribution in [2.75, 3.05) is 6.61 Å². The average molecular weight is 300 g/mol. The van der Waals surface area contributed by atoms with Gasteiger partial charge in [0.2, 0.25) is 0 Å². The van der Waals surface area contributed by atoms with E-state index >= 15 is 0 Å². The van der Waals surface area contributed by atoms with Crippen molar-refractivity contribution in [3.8, 4) is 5.75 Å². The van der Waals surface area contributed by atoms with Gasteiger partial charge in [-0.1, -0.05) is 24.3 Å². The van der Waals surface area contributed by atoms with Crippen LogP contribution in [-0.4, -0.2) is 23.6 Å². The van der Waals surface area contributed by atoms with Gasteiger partial charge in [-0.2, -0.15) is 0 Å². The zero-order valence-corrected chi connectivity index (χ0v) is 12.6. The monoisotopic (exact) mass is 300 g/mol. The van der Waals surface area contributed by atoms with Gasteiger partial charge in [-0.15, -0.1) is 0 Å². The molecule has 0 amide bonds. The number of aromatic nitrogens is 1. The summed E-state index contributed by atoms with van der Waals surface area (Å²) in [4.78, 5) is 15.7. The molecule has 1 unspecified atom stereocenters. The van der Waals surface area contributed by atoms with Gasteiger partial charge in [0.05, 0.1) is 6.61 Å². The Morgan fingerprint density at radius 2 is 2.09 bits per heavy atom. The van der Waals surface area contributed by atoms with E-state index in [0.717, 1.165) is 11.1 Å². The van der Waals surface area contributed by atoms with E-state index in [1.165, 1.54) is 0 Å². The standard InChI is InChI=1S/C17H20N2O3/c1-2-21-17(20)15(18)10-14-7-3-4-8-16(14)22-12-13-6-5-9-19-11-13/h3-9,11,15H,2,10,12,18H2,1H3. The number of rotatable bonds is 7. The third kappa shape index (κ3) is 4.56. The third-order valence-corrected chi connectivity index (χ3v) is 3.12. The topological polar surface area (TPSA) is 74.4 Å². The maximum atomic E-state index is 11.6. The number of hydrogen-bond donors (Lipinski definition) is 1. The number of nitrogens with two attached hydrogens (primary N) is 1. The highest BCUT2D eigenvalue weighted by Crippen LogP contribution is 2.20. The van der Waals surface area contributed by atoms with Crippen LogP contribution in [0.2, 0.25) is 0 Å². The van der Waals surface area contributed by atoms with Crippen LogP contribution in [0.1, 0.15) is 18.1 Å². The highest BCUT2D eigenvalue weighted by molar-refractivity contribution is 5.76. The number of para-hydroxylation sites is 1. The molecular formula is C17H20N2O3. The van der Waals surface area contributed by atoms with Gasteiger partial charge in [0.25, 0.3) is 0 Å². The Hall–Kier alpha value is -2.40. The third-order valence-electron chi connectivity index (χ3n) is 3.12. The van der Waals surface area contributed by atoms with Crippen molar-refractivity contribution in [3.05, 3.63) is 59.9 Å². The summed E-state index contributed by atoms with van der Waals surface area (Å²) in [5.41, 5.74) is 7.73. The first-order valence-corrected chi connectivity index (χ1v) is 7.22. The maximum absolute atomic E-state index is 11.6. The number of pyridine rings is 1. The molecule has 116 valence electrons. The number of esters is 1. The molecule has 1 atom stereocenters. The number of benzene rings is 1. The molecule has 1 heterocycles. The SMILES string of the molecule is CCOC(=O)C(N)Cc1ccccc1OCc1cccnc1. The van der Waals surface area contributed by atoms with E-state index < -0.39 is 12.0 Å². The molecular weight excluding hydrogens is 280 g/mol. The van der Waals surface area contributed by atoms with Crippen molar-refractivity contribution in [2.45, 2.75) is 26.0 Å². The molecule has 0 radical (unpaired) electrons. The van der Waals surface area contributed by atoms with Crippen molar-refractivity contribution < 1.29 is 14.3 Å². The Morgan fingerprint density at radius 3 is 2.82 bits per heavy atom. The van der Waals surface area contributed by atoms with Crippen molar-refractivity contribution in [1.82, 2.24) is 4.98 Å². The molecule has 2 rings (SSSR count). The van der Waals surface area contributed by atoms with E-state index in [1.807, 2.05) is 36.4 Å². The summed E-state index contributed by atoms with van der Waals surface area (Å²) in [6, 6.07) is 10.7. The molecule has 0 bridgehead atoms. The highest BCUT2D eigenvalue weighted by atomic mass is 16.5. The molecule has 5 heteroatoms. The van der Waals surface area contributed by atoms with E-state index in [0.29, 0.717) is 25.4 Å². The molecule has 0 aliphatic heterocycles. The summed E-state index contributed by atoms with van der Waals surface area (Å²) in [6.45, 7) is 2.50. The summed E-state index contributed by atoms with van der Waals surface area (Å²) >= 11 is 0. The normalized spacial score (nSPS) is 11.7. The molecule has 2 N–H and O–H groups in total. The first-order valence-electron chi connectivity index (χ1n) is 7.22. The van der Waals surface area contributed by atoms with Gasteiger partial charge in [0.15, 0.2) is 0 Å². The second-order valence-corrected chi connectivity index (χ2v) is 4.82. The van der Waals surface area contributed by atoms with Gasteiger partial charge in [-0.05, 0) is 24.6 Å². The molecule has 0 saturated heterocycles. The number of nitrogens with zero attached hydrogens (tertiary/aromatic N) is 1. The van der Waals surface area contributed by atoms with Crippen LogP contribution in [0.5, 0.6) is 5.75 Å². The zero-order chi connectivity index (χ0) is 15.8. The van der Waals surface area contributed by atoms with Crippen LogP contribution in [0.3, 0.4) is 0 Å². The molecule has 0 spiro atoms. The lowest BCUT2D eigenvalue weighted by molar-refractivity contribution is -0.144. The Bertz CT molecular complexity index is 602. The molecule has 0 aliphatic rings. The van der Waals surface area contributed by atoms with Crippen molar-refractivity contribution in [1.29, 1.82) is 0 Å². The largest absolute Gasteiger partial charge is 0.489 e. The lowest BCUT2D eigenvalue weighted by Gasteiger charge is -2.14. The molecule has 22 heavy (non-hydrogen) atoms. The summed E-state index contributed by atoms with van der Waals surface area (Å²) in [5, 5.41) is 0. The second kappa shape index (κ2) is 8.14. The first kappa shape index (κ1) is 16.0. The van der Waals surface area contributed by atoms with Gasteiger partial charge in [-0.25, -0.2) is 0 Å². The fraction of sp³-hybridized carbons (Fsp3) is 0.294. The van der Waals surface area contributed by atoms with Crippen molar-refractivity contribution in [2.24, 2.45) is 5.73 Å². The molecule has 2 aromatic rings.